The van der Waals surface area contributed by atoms with Crippen LogP contribution in [-0.2, 0) is 0 Å². The maximum atomic E-state index is 12.7. The van der Waals surface area contributed by atoms with Crippen LogP contribution in [0.3, 0.4) is 0 Å². The molecule has 0 saturated heterocycles. The highest BCUT2D eigenvalue weighted by Gasteiger charge is 2.25. The van der Waals surface area contributed by atoms with E-state index in [0.717, 1.165) is 12.8 Å². The fourth-order valence-electron chi connectivity index (χ4n) is 2.90. The van der Waals surface area contributed by atoms with Crippen LogP contribution in [0.2, 0.25) is 0 Å². The molecule has 1 aromatic carbocycles. The van der Waals surface area contributed by atoms with E-state index < -0.39 is 0 Å². The van der Waals surface area contributed by atoms with Gasteiger partial charge in [-0.05, 0) is 31.0 Å². The van der Waals surface area contributed by atoms with Crippen molar-refractivity contribution in [3.8, 4) is 5.75 Å². The lowest BCUT2D eigenvalue weighted by atomic mass is 9.93. The molecule has 1 amide bonds. The first-order valence-corrected chi connectivity index (χ1v) is 7.41. The fraction of sp³-hybridized carbons (Fsp3) is 0.562. The molecule has 2 N–H and O–H groups in total. The molecule has 0 aliphatic heterocycles. The molecule has 0 bridgehead atoms. The molecule has 1 aromatic rings. The average molecular weight is 276 g/mol. The second-order valence-electron chi connectivity index (χ2n) is 5.31. The second-order valence-corrected chi connectivity index (χ2v) is 5.31. The topological polar surface area (TPSA) is 55.6 Å². The maximum Gasteiger partial charge on any atom is 0.254 e. The van der Waals surface area contributed by atoms with Crippen molar-refractivity contribution in [2.24, 2.45) is 5.73 Å². The van der Waals surface area contributed by atoms with E-state index >= 15 is 0 Å². The molecule has 20 heavy (non-hydrogen) atoms. The zero-order chi connectivity index (χ0) is 14.4. The third kappa shape index (κ3) is 3.51. The Kier molecular flexibility index (Phi) is 5.41. The van der Waals surface area contributed by atoms with Crippen LogP contribution in [0.5, 0.6) is 5.75 Å². The predicted octanol–water partition coefficient (Wildman–Crippen LogP) is 2.43. The highest BCUT2D eigenvalue weighted by Crippen LogP contribution is 2.24. The Labute approximate surface area is 120 Å². The summed E-state index contributed by atoms with van der Waals surface area (Å²) >= 11 is 0. The zero-order valence-corrected chi connectivity index (χ0v) is 12.2. The molecule has 0 unspecified atom stereocenters. The maximum absolute atomic E-state index is 12.7. The highest BCUT2D eigenvalue weighted by molar-refractivity contribution is 5.94. The molecule has 1 aliphatic carbocycles. The number of methoxy groups -OCH3 is 1. The first-order valence-electron chi connectivity index (χ1n) is 7.41. The number of carbonyl (C=O) groups excluding carboxylic acids is 1. The van der Waals surface area contributed by atoms with Gasteiger partial charge in [0.2, 0.25) is 0 Å². The minimum atomic E-state index is 0.0706. The van der Waals surface area contributed by atoms with Crippen LogP contribution >= 0.6 is 0 Å². The lowest BCUT2D eigenvalue weighted by Gasteiger charge is -2.34. The molecule has 2 rings (SSSR count). The lowest BCUT2D eigenvalue weighted by Crippen LogP contribution is -2.44. The molecule has 1 aliphatic rings. The molecule has 0 spiro atoms. The first-order chi connectivity index (χ1) is 9.76. The van der Waals surface area contributed by atoms with Crippen LogP contribution in [0.25, 0.3) is 0 Å². The van der Waals surface area contributed by atoms with Crippen molar-refractivity contribution in [2.45, 2.75) is 38.1 Å². The van der Waals surface area contributed by atoms with E-state index in [0.29, 0.717) is 30.4 Å². The summed E-state index contributed by atoms with van der Waals surface area (Å²) in [4.78, 5) is 14.7. The third-order valence-corrected chi connectivity index (χ3v) is 3.96. The van der Waals surface area contributed by atoms with Crippen molar-refractivity contribution in [3.63, 3.8) is 0 Å². The minimum Gasteiger partial charge on any atom is -0.497 e. The molecule has 1 saturated carbocycles. The molecule has 4 nitrogen and oxygen atoms in total. The Balaban J connectivity index is 2.16. The highest BCUT2D eigenvalue weighted by atomic mass is 16.5. The standard InChI is InChI=1S/C16H24N2O2/c1-20-15-9-5-6-13(12-15)16(19)18(11-10-17)14-7-3-2-4-8-14/h5-6,9,12,14H,2-4,7-8,10-11,17H2,1H3. The zero-order valence-electron chi connectivity index (χ0n) is 12.2. The summed E-state index contributed by atoms with van der Waals surface area (Å²) in [7, 11) is 1.61. The molecule has 0 radical (unpaired) electrons. The van der Waals surface area contributed by atoms with E-state index in [-0.39, 0.29) is 5.91 Å². The molecule has 1 fully saturated rings. The summed E-state index contributed by atoms with van der Waals surface area (Å²) in [6.07, 6.45) is 5.87. The fourth-order valence-corrected chi connectivity index (χ4v) is 2.90. The summed E-state index contributed by atoms with van der Waals surface area (Å²) in [6, 6.07) is 7.69. The van der Waals surface area contributed by atoms with Crippen molar-refractivity contribution in [3.05, 3.63) is 29.8 Å². The van der Waals surface area contributed by atoms with Gasteiger partial charge in [0.05, 0.1) is 7.11 Å². The number of hydrogen-bond donors (Lipinski definition) is 1. The van der Waals surface area contributed by atoms with Gasteiger partial charge >= 0.3 is 0 Å². The quantitative estimate of drug-likeness (QED) is 0.898. The number of hydrogen-bond acceptors (Lipinski definition) is 3. The van der Waals surface area contributed by atoms with E-state index in [1.807, 2.05) is 23.1 Å². The third-order valence-electron chi connectivity index (χ3n) is 3.96. The van der Waals surface area contributed by atoms with Crippen LogP contribution in [-0.4, -0.2) is 37.0 Å². The number of carbonyl (C=O) groups is 1. The van der Waals surface area contributed by atoms with Crippen LogP contribution in [0, 0.1) is 0 Å². The summed E-state index contributed by atoms with van der Waals surface area (Å²) in [5.41, 5.74) is 6.37. The number of ether oxygens (including phenoxy) is 1. The van der Waals surface area contributed by atoms with E-state index in [1.165, 1.54) is 19.3 Å². The molecular formula is C16H24N2O2. The summed E-state index contributed by atoms with van der Waals surface area (Å²) in [5.74, 6) is 0.786. The van der Waals surface area contributed by atoms with Crippen LogP contribution < -0.4 is 10.5 Å². The SMILES string of the molecule is COc1cccc(C(=O)N(CCN)C2CCCCC2)c1. The summed E-state index contributed by atoms with van der Waals surface area (Å²) in [6.45, 7) is 1.13. The Morgan fingerprint density at radius 1 is 1.35 bits per heavy atom. The van der Waals surface area contributed by atoms with E-state index in [2.05, 4.69) is 0 Å². The Morgan fingerprint density at radius 3 is 2.75 bits per heavy atom. The predicted molar refractivity (Wildman–Crippen MR) is 80.0 cm³/mol. The van der Waals surface area contributed by atoms with E-state index in [1.54, 1.807) is 13.2 Å². The van der Waals surface area contributed by atoms with E-state index in [9.17, 15) is 4.79 Å². The molecule has 4 heteroatoms. The van der Waals surface area contributed by atoms with Gasteiger partial charge in [0, 0.05) is 24.7 Å². The lowest BCUT2D eigenvalue weighted by molar-refractivity contribution is 0.0641. The van der Waals surface area contributed by atoms with Gasteiger partial charge in [-0.1, -0.05) is 25.3 Å². The molecule has 0 aromatic heterocycles. The van der Waals surface area contributed by atoms with Crippen LogP contribution in [0.1, 0.15) is 42.5 Å². The smallest absolute Gasteiger partial charge is 0.254 e. The number of nitrogens with zero attached hydrogens (tertiary/aromatic N) is 1. The molecular weight excluding hydrogens is 252 g/mol. The van der Waals surface area contributed by atoms with E-state index in [4.69, 9.17) is 10.5 Å². The Bertz CT molecular complexity index is 442. The van der Waals surface area contributed by atoms with Crippen molar-refractivity contribution in [1.82, 2.24) is 4.90 Å². The van der Waals surface area contributed by atoms with Gasteiger partial charge in [-0.15, -0.1) is 0 Å². The van der Waals surface area contributed by atoms with Crippen LogP contribution in [0.15, 0.2) is 24.3 Å². The van der Waals surface area contributed by atoms with Gasteiger partial charge in [0.15, 0.2) is 0 Å². The van der Waals surface area contributed by atoms with Gasteiger partial charge in [-0.3, -0.25) is 4.79 Å². The molecule has 110 valence electrons. The van der Waals surface area contributed by atoms with Gasteiger partial charge in [0.1, 0.15) is 5.75 Å². The number of amides is 1. The largest absolute Gasteiger partial charge is 0.497 e. The first kappa shape index (κ1) is 14.9. The summed E-state index contributed by atoms with van der Waals surface area (Å²) < 4.78 is 5.19. The average Bonchev–Trinajstić information content (AvgIpc) is 2.53. The van der Waals surface area contributed by atoms with Crippen molar-refractivity contribution >= 4 is 5.91 Å². The van der Waals surface area contributed by atoms with Gasteiger partial charge in [-0.25, -0.2) is 0 Å². The second kappa shape index (κ2) is 7.29. The van der Waals surface area contributed by atoms with Crippen molar-refractivity contribution < 1.29 is 9.53 Å². The van der Waals surface area contributed by atoms with Gasteiger partial charge in [0.25, 0.3) is 5.91 Å². The van der Waals surface area contributed by atoms with Gasteiger partial charge < -0.3 is 15.4 Å². The minimum absolute atomic E-state index is 0.0706. The Morgan fingerprint density at radius 2 is 2.10 bits per heavy atom. The Hall–Kier alpha value is -1.55. The number of nitrogens with two attached hydrogens (primary N) is 1. The van der Waals surface area contributed by atoms with Crippen LogP contribution in [0.4, 0.5) is 0 Å². The number of benzene rings is 1. The number of rotatable bonds is 5. The summed E-state index contributed by atoms with van der Waals surface area (Å²) in [5, 5.41) is 0. The van der Waals surface area contributed by atoms with Crippen molar-refractivity contribution in [1.29, 1.82) is 0 Å². The van der Waals surface area contributed by atoms with Crippen molar-refractivity contribution in [2.75, 3.05) is 20.2 Å². The molecule has 0 atom stereocenters. The molecule has 0 heterocycles. The monoisotopic (exact) mass is 276 g/mol. The van der Waals surface area contributed by atoms with Gasteiger partial charge in [-0.2, -0.15) is 0 Å². The normalized spacial score (nSPS) is 15.9.